The van der Waals surface area contributed by atoms with Crippen molar-refractivity contribution < 1.29 is 4.79 Å². The van der Waals surface area contributed by atoms with E-state index in [4.69, 9.17) is 0 Å². The Hall–Kier alpha value is -1.75. The molecule has 0 aliphatic rings. The summed E-state index contributed by atoms with van der Waals surface area (Å²) in [6.45, 7) is 4.03. The van der Waals surface area contributed by atoms with Gasteiger partial charge in [-0.25, -0.2) is 0 Å². The van der Waals surface area contributed by atoms with Crippen LogP contribution in [0, 0.1) is 6.92 Å². The van der Waals surface area contributed by atoms with Gasteiger partial charge in [0.1, 0.15) is 0 Å². The molecule has 0 aliphatic heterocycles. The van der Waals surface area contributed by atoms with Gasteiger partial charge in [0.25, 0.3) is 5.91 Å². The third-order valence-corrected chi connectivity index (χ3v) is 4.04. The lowest BCUT2D eigenvalue weighted by molar-refractivity contribution is 0.0747. The minimum atomic E-state index is 0.0643. The molecule has 0 bridgehead atoms. The molecule has 2 aromatic rings. The standard InChI is InChI=1S/C14H17N3OS/c1-10(8-12-9-15-6-7-16-12)17(3)14(18)13-5-4-11(2)19-13/h4-7,9-10H,8H2,1-3H3/t10-/m1/s1. The van der Waals surface area contributed by atoms with Crippen molar-refractivity contribution in [3.05, 3.63) is 46.2 Å². The second kappa shape index (κ2) is 5.93. The van der Waals surface area contributed by atoms with E-state index in [1.54, 1.807) is 23.5 Å². The van der Waals surface area contributed by atoms with Crippen molar-refractivity contribution in [3.63, 3.8) is 0 Å². The van der Waals surface area contributed by atoms with Crippen LogP contribution < -0.4 is 0 Å². The highest BCUT2D eigenvalue weighted by molar-refractivity contribution is 7.13. The zero-order valence-electron chi connectivity index (χ0n) is 11.3. The van der Waals surface area contributed by atoms with Gasteiger partial charge < -0.3 is 4.90 Å². The fourth-order valence-corrected chi connectivity index (χ4v) is 2.65. The number of aromatic nitrogens is 2. The minimum Gasteiger partial charge on any atom is -0.338 e. The summed E-state index contributed by atoms with van der Waals surface area (Å²) < 4.78 is 0. The molecule has 2 heterocycles. The Balaban J connectivity index is 2.03. The zero-order valence-corrected chi connectivity index (χ0v) is 12.1. The van der Waals surface area contributed by atoms with Crippen LogP contribution in [0.5, 0.6) is 0 Å². The molecule has 2 rings (SSSR count). The van der Waals surface area contributed by atoms with Gasteiger partial charge in [0.2, 0.25) is 0 Å². The van der Waals surface area contributed by atoms with Gasteiger partial charge >= 0.3 is 0 Å². The minimum absolute atomic E-state index is 0.0643. The van der Waals surface area contributed by atoms with Crippen molar-refractivity contribution in [3.8, 4) is 0 Å². The number of carbonyl (C=O) groups excluding carboxylic acids is 1. The molecule has 100 valence electrons. The highest BCUT2D eigenvalue weighted by Gasteiger charge is 2.19. The summed E-state index contributed by atoms with van der Waals surface area (Å²) in [6.07, 6.45) is 5.77. The van der Waals surface area contributed by atoms with Crippen LogP contribution in [0.3, 0.4) is 0 Å². The molecule has 0 fully saturated rings. The molecule has 0 aromatic carbocycles. The first kappa shape index (κ1) is 13.7. The number of thiophene rings is 1. The van der Waals surface area contributed by atoms with Crippen LogP contribution in [0.15, 0.2) is 30.7 Å². The van der Waals surface area contributed by atoms with E-state index in [0.29, 0.717) is 6.42 Å². The average molecular weight is 275 g/mol. The van der Waals surface area contributed by atoms with Gasteiger partial charge in [-0.05, 0) is 26.0 Å². The summed E-state index contributed by atoms with van der Waals surface area (Å²) in [5, 5.41) is 0. The Labute approximate surface area is 117 Å². The summed E-state index contributed by atoms with van der Waals surface area (Å²) in [5.74, 6) is 0.0643. The van der Waals surface area contributed by atoms with Crippen LogP contribution in [-0.4, -0.2) is 33.9 Å². The number of amides is 1. The van der Waals surface area contributed by atoms with E-state index < -0.39 is 0 Å². The third-order valence-electron chi connectivity index (χ3n) is 3.05. The van der Waals surface area contributed by atoms with Crippen LogP contribution in [0.4, 0.5) is 0 Å². The van der Waals surface area contributed by atoms with Crippen molar-refractivity contribution in [2.45, 2.75) is 26.3 Å². The monoisotopic (exact) mass is 275 g/mol. The van der Waals surface area contributed by atoms with Crippen LogP contribution in [0.25, 0.3) is 0 Å². The lowest BCUT2D eigenvalue weighted by atomic mass is 10.1. The highest BCUT2D eigenvalue weighted by Crippen LogP contribution is 2.18. The van der Waals surface area contributed by atoms with E-state index in [2.05, 4.69) is 9.97 Å². The zero-order chi connectivity index (χ0) is 13.8. The van der Waals surface area contributed by atoms with E-state index in [9.17, 15) is 4.79 Å². The summed E-state index contributed by atoms with van der Waals surface area (Å²) in [7, 11) is 1.83. The molecule has 0 N–H and O–H groups in total. The number of hydrogen-bond donors (Lipinski definition) is 0. The Morgan fingerprint density at radius 2 is 2.21 bits per heavy atom. The summed E-state index contributed by atoms with van der Waals surface area (Å²) in [5.41, 5.74) is 0.900. The van der Waals surface area contributed by atoms with Gasteiger partial charge in [-0.1, -0.05) is 0 Å². The van der Waals surface area contributed by atoms with Crippen molar-refractivity contribution in [2.24, 2.45) is 0 Å². The van der Waals surface area contributed by atoms with Crippen molar-refractivity contribution in [1.29, 1.82) is 0 Å². The summed E-state index contributed by atoms with van der Waals surface area (Å²) >= 11 is 1.53. The SMILES string of the molecule is Cc1ccc(C(=O)N(C)[C@H](C)Cc2cnccn2)s1. The molecule has 0 saturated heterocycles. The van der Waals surface area contributed by atoms with Crippen LogP contribution in [0.1, 0.15) is 27.2 Å². The Bertz CT molecular complexity index is 553. The van der Waals surface area contributed by atoms with Gasteiger partial charge in [-0.2, -0.15) is 0 Å². The fourth-order valence-electron chi connectivity index (χ4n) is 1.80. The van der Waals surface area contributed by atoms with Gasteiger partial charge in [-0.3, -0.25) is 14.8 Å². The first-order chi connectivity index (χ1) is 9.08. The fraction of sp³-hybridized carbons (Fsp3) is 0.357. The number of aryl methyl sites for hydroxylation is 1. The van der Waals surface area contributed by atoms with Crippen molar-refractivity contribution in [2.75, 3.05) is 7.05 Å². The summed E-state index contributed by atoms with van der Waals surface area (Å²) in [6, 6.07) is 3.94. The van der Waals surface area contributed by atoms with E-state index in [1.807, 2.05) is 33.0 Å². The number of likely N-dealkylation sites (N-methyl/N-ethyl adjacent to an activating group) is 1. The maximum absolute atomic E-state index is 12.3. The molecule has 2 aromatic heterocycles. The number of rotatable bonds is 4. The maximum atomic E-state index is 12.3. The second-order valence-electron chi connectivity index (χ2n) is 4.58. The molecule has 0 unspecified atom stereocenters. The molecule has 0 spiro atoms. The number of hydrogen-bond acceptors (Lipinski definition) is 4. The van der Waals surface area contributed by atoms with Gasteiger partial charge in [0.05, 0.1) is 10.6 Å². The van der Waals surface area contributed by atoms with E-state index >= 15 is 0 Å². The van der Waals surface area contributed by atoms with Gasteiger partial charge in [0, 0.05) is 43.0 Å². The van der Waals surface area contributed by atoms with Crippen molar-refractivity contribution in [1.82, 2.24) is 14.9 Å². The number of carbonyl (C=O) groups is 1. The van der Waals surface area contributed by atoms with Gasteiger partial charge in [-0.15, -0.1) is 11.3 Å². The smallest absolute Gasteiger partial charge is 0.263 e. The summed E-state index contributed by atoms with van der Waals surface area (Å²) in [4.78, 5) is 24.3. The van der Waals surface area contributed by atoms with Crippen LogP contribution in [0.2, 0.25) is 0 Å². The van der Waals surface area contributed by atoms with Crippen LogP contribution >= 0.6 is 11.3 Å². The van der Waals surface area contributed by atoms with E-state index in [1.165, 1.54) is 11.3 Å². The third kappa shape index (κ3) is 3.38. The molecule has 0 radical (unpaired) electrons. The highest BCUT2D eigenvalue weighted by atomic mass is 32.1. The molecular formula is C14H17N3OS. The quantitative estimate of drug-likeness (QED) is 0.861. The Kier molecular flexibility index (Phi) is 4.27. The normalized spacial score (nSPS) is 12.2. The predicted molar refractivity (Wildman–Crippen MR) is 76.3 cm³/mol. The van der Waals surface area contributed by atoms with Gasteiger partial charge in [0.15, 0.2) is 0 Å². The molecule has 0 aliphatic carbocycles. The average Bonchev–Trinajstić information content (AvgIpc) is 2.85. The lowest BCUT2D eigenvalue weighted by Crippen LogP contribution is -2.36. The topological polar surface area (TPSA) is 46.1 Å². The predicted octanol–water partition coefficient (Wildman–Crippen LogP) is 2.55. The molecule has 1 atom stereocenters. The Morgan fingerprint density at radius 1 is 1.42 bits per heavy atom. The first-order valence-electron chi connectivity index (χ1n) is 6.16. The van der Waals surface area contributed by atoms with E-state index in [-0.39, 0.29) is 11.9 Å². The Morgan fingerprint density at radius 3 is 2.79 bits per heavy atom. The largest absolute Gasteiger partial charge is 0.338 e. The lowest BCUT2D eigenvalue weighted by Gasteiger charge is -2.24. The molecule has 19 heavy (non-hydrogen) atoms. The molecule has 4 nitrogen and oxygen atoms in total. The second-order valence-corrected chi connectivity index (χ2v) is 5.86. The molecular weight excluding hydrogens is 258 g/mol. The maximum Gasteiger partial charge on any atom is 0.263 e. The van der Waals surface area contributed by atoms with Crippen LogP contribution in [-0.2, 0) is 6.42 Å². The molecule has 5 heteroatoms. The molecule has 1 amide bonds. The first-order valence-corrected chi connectivity index (χ1v) is 6.98. The molecule has 0 saturated carbocycles. The number of nitrogens with zero attached hydrogens (tertiary/aromatic N) is 3. The van der Waals surface area contributed by atoms with E-state index in [0.717, 1.165) is 15.4 Å². The van der Waals surface area contributed by atoms with Crippen molar-refractivity contribution >= 4 is 17.2 Å².